The van der Waals surface area contributed by atoms with Crippen LogP contribution in [0.15, 0.2) is 18.2 Å². The standard InChI is InChI=1S/C12H15F2NO4/c1-7(17)19-9-4-3-8(5-10(9)18-2)11(15)12(13,14)6-16/h3-5,11,16H,6,15H2,1-2H3/t11-/m1/s1. The smallest absolute Gasteiger partial charge is 0.308 e. The first-order chi connectivity index (χ1) is 8.81. The minimum Gasteiger partial charge on any atom is -0.493 e. The fourth-order valence-corrected chi connectivity index (χ4v) is 1.46. The largest absolute Gasteiger partial charge is 0.493 e. The fraction of sp³-hybridized carbons (Fsp3) is 0.417. The molecule has 1 rings (SSSR count). The van der Waals surface area contributed by atoms with Crippen LogP contribution in [0.5, 0.6) is 11.5 Å². The molecule has 0 heterocycles. The Kier molecular flexibility index (Phi) is 4.79. The molecule has 0 spiro atoms. The summed E-state index contributed by atoms with van der Waals surface area (Å²) in [5.41, 5.74) is 5.45. The molecule has 0 aliphatic heterocycles. The molecular formula is C12H15F2NO4. The number of aliphatic hydroxyl groups excluding tert-OH is 1. The van der Waals surface area contributed by atoms with E-state index in [2.05, 4.69) is 0 Å². The molecule has 1 atom stereocenters. The number of hydrogen-bond acceptors (Lipinski definition) is 5. The van der Waals surface area contributed by atoms with E-state index >= 15 is 0 Å². The van der Waals surface area contributed by atoms with Crippen molar-refractivity contribution in [1.29, 1.82) is 0 Å². The van der Waals surface area contributed by atoms with Crippen molar-refractivity contribution in [2.24, 2.45) is 5.73 Å². The van der Waals surface area contributed by atoms with Gasteiger partial charge in [-0.05, 0) is 17.7 Å². The third-order valence-corrected chi connectivity index (χ3v) is 2.47. The molecule has 106 valence electrons. The maximum atomic E-state index is 13.3. The number of esters is 1. The SMILES string of the molecule is COc1cc([C@@H](N)C(F)(F)CO)ccc1OC(C)=O. The number of carbonyl (C=O) groups excluding carboxylic acids is 1. The minimum atomic E-state index is -3.45. The first-order valence-electron chi connectivity index (χ1n) is 5.42. The van der Waals surface area contributed by atoms with Gasteiger partial charge in [0.15, 0.2) is 11.5 Å². The van der Waals surface area contributed by atoms with Gasteiger partial charge in [0.1, 0.15) is 6.61 Å². The van der Waals surface area contributed by atoms with E-state index in [4.69, 9.17) is 20.3 Å². The molecule has 0 saturated heterocycles. The zero-order valence-corrected chi connectivity index (χ0v) is 10.5. The van der Waals surface area contributed by atoms with Crippen LogP contribution in [0.4, 0.5) is 8.78 Å². The number of halogens is 2. The Morgan fingerprint density at radius 3 is 2.58 bits per heavy atom. The number of aliphatic hydroxyl groups is 1. The Morgan fingerprint density at radius 1 is 1.47 bits per heavy atom. The summed E-state index contributed by atoms with van der Waals surface area (Å²) in [5, 5.41) is 8.60. The first-order valence-corrected chi connectivity index (χ1v) is 5.42. The highest BCUT2D eigenvalue weighted by Gasteiger charge is 2.37. The van der Waals surface area contributed by atoms with Crippen molar-refractivity contribution in [1.82, 2.24) is 0 Å². The van der Waals surface area contributed by atoms with E-state index < -0.39 is 24.5 Å². The number of methoxy groups -OCH3 is 1. The third kappa shape index (κ3) is 3.62. The van der Waals surface area contributed by atoms with Crippen LogP contribution < -0.4 is 15.2 Å². The van der Waals surface area contributed by atoms with E-state index in [1.807, 2.05) is 0 Å². The number of alkyl halides is 2. The zero-order chi connectivity index (χ0) is 14.6. The van der Waals surface area contributed by atoms with E-state index in [0.29, 0.717) is 0 Å². The van der Waals surface area contributed by atoms with Crippen LogP contribution in [0.25, 0.3) is 0 Å². The summed E-state index contributed by atoms with van der Waals surface area (Å²) in [7, 11) is 1.31. The topological polar surface area (TPSA) is 81.8 Å². The number of nitrogens with two attached hydrogens (primary N) is 1. The molecular weight excluding hydrogens is 260 g/mol. The average Bonchev–Trinajstić information content (AvgIpc) is 2.37. The number of ether oxygens (including phenoxy) is 2. The molecule has 0 aliphatic carbocycles. The predicted octanol–water partition coefficient (Wildman–Crippen LogP) is 1.25. The second-order valence-electron chi connectivity index (χ2n) is 3.90. The molecule has 0 radical (unpaired) electrons. The van der Waals surface area contributed by atoms with Gasteiger partial charge in [0.25, 0.3) is 5.92 Å². The summed E-state index contributed by atoms with van der Waals surface area (Å²) in [6.45, 7) is -0.152. The van der Waals surface area contributed by atoms with Gasteiger partial charge in [0.2, 0.25) is 0 Å². The van der Waals surface area contributed by atoms with Gasteiger partial charge in [-0.1, -0.05) is 6.07 Å². The third-order valence-electron chi connectivity index (χ3n) is 2.47. The molecule has 1 aromatic rings. The van der Waals surface area contributed by atoms with Crippen molar-refractivity contribution in [3.05, 3.63) is 23.8 Å². The van der Waals surface area contributed by atoms with E-state index in [1.54, 1.807) is 0 Å². The lowest BCUT2D eigenvalue weighted by atomic mass is 10.0. The molecule has 3 N–H and O–H groups in total. The van der Waals surface area contributed by atoms with Gasteiger partial charge in [-0.25, -0.2) is 8.78 Å². The summed E-state index contributed by atoms with van der Waals surface area (Å²) in [6.07, 6.45) is 0. The molecule has 0 unspecified atom stereocenters. The van der Waals surface area contributed by atoms with Crippen molar-refractivity contribution in [3.8, 4) is 11.5 Å². The van der Waals surface area contributed by atoms with E-state index in [-0.39, 0.29) is 17.1 Å². The van der Waals surface area contributed by atoms with Crippen LogP contribution in [0.1, 0.15) is 18.5 Å². The normalized spacial score (nSPS) is 12.9. The molecule has 1 aromatic carbocycles. The molecule has 0 saturated carbocycles. The summed E-state index contributed by atoms with van der Waals surface area (Å²) in [6, 6.07) is 2.16. The average molecular weight is 275 g/mol. The second-order valence-corrected chi connectivity index (χ2v) is 3.90. The fourth-order valence-electron chi connectivity index (χ4n) is 1.46. The van der Waals surface area contributed by atoms with Gasteiger partial charge < -0.3 is 20.3 Å². The Bertz CT molecular complexity index is 465. The van der Waals surface area contributed by atoms with Crippen molar-refractivity contribution in [2.75, 3.05) is 13.7 Å². The van der Waals surface area contributed by atoms with E-state index in [1.165, 1.54) is 32.2 Å². The highest BCUT2D eigenvalue weighted by molar-refractivity contribution is 5.70. The van der Waals surface area contributed by atoms with Crippen molar-refractivity contribution in [3.63, 3.8) is 0 Å². The number of rotatable bonds is 5. The molecule has 0 fully saturated rings. The highest BCUT2D eigenvalue weighted by atomic mass is 19.3. The summed E-state index contributed by atoms with van der Waals surface area (Å²) < 4.78 is 36.3. The van der Waals surface area contributed by atoms with Crippen LogP contribution in [-0.4, -0.2) is 30.7 Å². The monoisotopic (exact) mass is 275 g/mol. The molecule has 0 amide bonds. The highest BCUT2D eigenvalue weighted by Crippen LogP contribution is 2.34. The number of benzene rings is 1. The van der Waals surface area contributed by atoms with Gasteiger partial charge in [-0.15, -0.1) is 0 Å². The van der Waals surface area contributed by atoms with Gasteiger partial charge in [-0.2, -0.15) is 0 Å². The van der Waals surface area contributed by atoms with Gasteiger partial charge in [0.05, 0.1) is 13.2 Å². The first kappa shape index (κ1) is 15.3. The molecule has 0 aromatic heterocycles. The summed E-state index contributed by atoms with van der Waals surface area (Å²) in [4.78, 5) is 10.9. The van der Waals surface area contributed by atoms with Crippen LogP contribution in [-0.2, 0) is 4.79 Å². The van der Waals surface area contributed by atoms with Gasteiger partial charge in [0, 0.05) is 6.92 Å². The van der Waals surface area contributed by atoms with Gasteiger partial charge >= 0.3 is 5.97 Å². The molecule has 0 bridgehead atoms. The van der Waals surface area contributed by atoms with Crippen molar-refractivity contribution in [2.45, 2.75) is 18.9 Å². The Hall–Kier alpha value is -1.73. The summed E-state index contributed by atoms with van der Waals surface area (Å²) >= 11 is 0. The van der Waals surface area contributed by atoms with Gasteiger partial charge in [-0.3, -0.25) is 4.79 Å². The van der Waals surface area contributed by atoms with E-state index in [0.717, 1.165) is 0 Å². The maximum absolute atomic E-state index is 13.3. The quantitative estimate of drug-likeness (QED) is 0.624. The zero-order valence-electron chi connectivity index (χ0n) is 10.5. The second kappa shape index (κ2) is 5.94. The number of hydrogen-bond donors (Lipinski definition) is 2. The number of carbonyl (C=O) groups is 1. The maximum Gasteiger partial charge on any atom is 0.308 e. The summed E-state index contributed by atoms with van der Waals surface area (Å²) in [5.74, 6) is -3.79. The van der Waals surface area contributed by atoms with Crippen molar-refractivity contribution >= 4 is 5.97 Å². The van der Waals surface area contributed by atoms with Crippen LogP contribution in [0.3, 0.4) is 0 Å². The van der Waals surface area contributed by atoms with E-state index in [9.17, 15) is 13.6 Å². The molecule has 7 heteroatoms. The van der Waals surface area contributed by atoms with Crippen LogP contribution in [0, 0.1) is 0 Å². The lowest BCUT2D eigenvalue weighted by Crippen LogP contribution is -2.36. The molecule has 0 aliphatic rings. The van der Waals surface area contributed by atoms with Crippen LogP contribution >= 0.6 is 0 Å². The van der Waals surface area contributed by atoms with Crippen LogP contribution in [0.2, 0.25) is 0 Å². The molecule has 19 heavy (non-hydrogen) atoms. The molecule has 5 nitrogen and oxygen atoms in total. The Labute approximate surface area is 108 Å². The Morgan fingerprint density at radius 2 is 2.11 bits per heavy atom. The lowest BCUT2D eigenvalue weighted by molar-refractivity contribution is -0.132. The minimum absolute atomic E-state index is 0.0619. The Balaban J connectivity index is 3.09. The predicted molar refractivity (Wildman–Crippen MR) is 63.3 cm³/mol. The lowest BCUT2D eigenvalue weighted by Gasteiger charge is -2.22. The van der Waals surface area contributed by atoms with Crippen molar-refractivity contribution < 1.29 is 28.2 Å².